The molecule has 2 rings (SSSR count). The summed E-state index contributed by atoms with van der Waals surface area (Å²) >= 11 is 0. The lowest BCUT2D eigenvalue weighted by molar-refractivity contribution is -0.142. The molecule has 1 saturated carbocycles. The second-order valence-corrected chi connectivity index (χ2v) is 8.18. The normalized spacial score (nSPS) is 22.2. The lowest BCUT2D eigenvalue weighted by Crippen LogP contribution is -2.45. The van der Waals surface area contributed by atoms with Crippen molar-refractivity contribution in [1.29, 1.82) is 0 Å². The predicted molar refractivity (Wildman–Crippen MR) is 96.3 cm³/mol. The minimum atomic E-state index is -1.04. The van der Waals surface area contributed by atoms with Crippen LogP contribution in [0.1, 0.15) is 52.0 Å². The number of carbonyl (C=O) groups is 2. The summed E-state index contributed by atoms with van der Waals surface area (Å²) in [6.45, 7) is 6.70. The zero-order chi connectivity index (χ0) is 18.6. The highest BCUT2D eigenvalue weighted by Crippen LogP contribution is 2.39. The van der Waals surface area contributed by atoms with Gasteiger partial charge in [0.25, 0.3) is 0 Å². The fraction of sp³-hybridized carbons (Fsp3) is 0.600. The number of phenolic OH excluding ortho intramolecular Hbond substituents is 1. The smallest absolute Gasteiger partial charge is 0.326 e. The van der Waals surface area contributed by atoms with Gasteiger partial charge in [0.15, 0.2) is 0 Å². The highest BCUT2D eigenvalue weighted by molar-refractivity contribution is 5.85. The Morgan fingerprint density at radius 3 is 2.16 bits per heavy atom. The molecule has 5 nitrogen and oxygen atoms in total. The Morgan fingerprint density at radius 2 is 1.68 bits per heavy atom. The van der Waals surface area contributed by atoms with Crippen LogP contribution in [0.3, 0.4) is 0 Å². The fourth-order valence-electron chi connectivity index (χ4n) is 3.58. The quantitative estimate of drug-likeness (QED) is 0.762. The summed E-state index contributed by atoms with van der Waals surface area (Å²) in [6, 6.07) is 5.43. The van der Waals surface area contributed by atoms with E-state index in [0.29, 0.717) is 5.92 Å². The molecule has 138 valence electrons. The number of nitrogens with one attached hydrogen (secondary N) is 1. The number of benzene rings is 1. The van der Waals surface area contributed by atoms with Gasteiger partial charge in [-0.05, 0) is 54.7 Å². The van der Waals surface area contributed by atoms with E-state index in [9.17, 15) is 19.8 Å². The van der Waals surface area contributed by atoms with E-state index in [1.165, 1.54) is 12.1 Å². The van der Waals surface area contributed by atoms with Gasteiger partial charge >= 0.3 is 5.97 Å². The van der Waals surface area contributed by atoms with Gasteiger partial charge in [0.2, 0.25) is 5.91 Å². The summed E-state index contributed by atoms with van der Waals surface area (Å²) in [5, 5.41) is 21.4. The molecule has 1 atom stereocenters. The van der Waals surface area contributed by atoms with Crippen LogP contribution >= 0.6 is 0 Å². The monoisotopic (exact) mass is 347 g/mol. The first-order chi connectivity index (χ1) is 11.7. The van der Waals surface area contributed by atoms with E-state index in [4.69, 9.17) is 0 Å². The molecule has 25 heavy (non-hydrogen) atoms. The number of amides is 1. The number of rotatable bonds is 5. The van der Waals surface area contributed by atoms with Crippen LogP contribution in [0.4, 0.5) is 0 Å². The van der Waals surface area contributed by atoms with Crippen LogP contribution in [0, 0.1) is 17.3 Å². The van der Waals surface area contributed by atoms with E-state index in [1.54, 1.807) is 12.1 Å². The molecule has 0 unspecified atom stereocenters. The highest BCUT2D eigenvalue weighted by Gasteiger charge is 2.33. The summed E-state index contributed by atoms with van der Waals surface area (Å²) in [7, 11) is 0. The largest absolute Gasteiger partial charge is 0.508 e. The summed E-state index contributed by atoms with van der Waals surface area (Å²) in [4.78, 5) is 24.0. The van der Waals surface area contributed by atoms with E-state index in [0.717, 1.165) is 31.2 Å². The fourth-order valence-corrected chi connectivity index (χ4v) is 3.58. The van der Waals surface area contributed by atoms with Gasteiger partial charge in [-0.2, -0.15) is 0 Å². The molecular weight excluding hydrogens is 318 g/mol. The van der Waals surface area contributed by atoms with E-state index in [2.05, 4.69) is 26.1 Å². The number of aromatic hydroxyl groups is 1. The number of aliphatic carboxylic acids is 1. The van der Waals surface area contributed by atoms with Crippen molar-refractivity contribution in [1.82, 2.24) is 5.32 Å². The van der Waals surface area contributed by atoms with Crippen molar-refractivity contribution in [3.63, 3.8) is 0 Å². The first kappa shape index (κ1) is 19.3. The molecule has 0 heterocycles. The highest BCUT2D eigenvalue weighted by atomic mass is 16.4. The summed E-state index contributed by atoms with van der Waals surface area (Å²) in [5.41, 5.74) is 1.02. The van der Waals surface area contributed by atoms with E-state index < -0.39 is 12.0 Å². The maximum Gasteiger partial charge on any atom is 0.326 e. The molecule has 3 N–H and O–H groups in total. The van der Waals surface area contributed by atoms with Crippen LogP contribution < -0.4 is 5.32 Å². The lowest BCUT2D eigenvalue weighted by atomic mass is 9.69. The number of phenols is 1. The van der Waals surface area contributed by atoms with Crippen LogP contribution in [0.2, 0.25) is 0 Å². The third kappa shape index (κ3) is 5.48. The Bertz CT molecular complexity index is 595. The maximum absolute atomic E-state index is 12.5. The summed E-state index contributed by atoms with van der Waals surface area (Å²) in [5.74, 6) is -0.539. The molecule has 0 radical (unpaired) electrons. The number of hydrogen-bond acceptors (Lipinski definition) is 3. The van der Waals surface area contributed by atoms with Gasteiger partial charge in [-0.15, -0.1) is 0 Å². The third-order valence-electron chi connectivity index (χ3n) is 5.31. The molecular formula is C20H29NO4. The summed E-state index contributed by atoms with van der Waals surface area (Å²) in [6.07, 6.45) is 3.87. The van der Waals surface area contributed by atoms with Gasteiger partial charge in [-0.3, -0.25) is 4.79 Å². The second kappa shape index (κ2) is 7.89. The minimum Gasteiger partial charge on any atom is -0.508 e. The molecule has 1 fully saturated rings. The van der Waals surface area contributed by atoms with Crippen LogP contribution in [-0.2, 0) is 16.0 Å². The SMILES string of the molecule is CC(C)(C)C1CCC(C(=O)N[C@@H](Cc2ccc(O)cc2)C(=O)O)CC1. The van der Waals surface area contributed by atoms with Gasteiger partial charge in [-0.1, -0.05) is 32.9 Å². The van der Waals surface area contributed by atoms with Crippen molar-refractivity contribution in [2.75, 3.05) is 0 Å². The molecule has 0 aromatic heterocycles. The molecule has 0 aliphatic heterocycles. The van der Waals surface area contributed by atoms with Crippen molar-refractivity contribution in [2.24, 2.45) is 17.3 Å². The standard InChI is InChI=1S/C20H29NO4/c1-20(2,3)15-8-6-14(7-9-15)18(23)21-17(19(24)25)12-13-4-10-16(22)11-5-13/h4-5,10-11,14-15,17,22H,6-9,12H2,1-3H3,(H,21,23)(H,24,25)/t14?,15?,17-/m0/s1. The Kier molecular flexibility index (Phi) is 6.09. The lowest BCUT2D eigenvalue weighted by Gasteiger charge is -2.36. The molecule has 0 spiro atoms. The Hall–Kier alpha value is -2.04. The van der Waals surface area contributed by atoms with E-state index >= 15 is 0 Å². The second-order valence-electron chi connectivity index (χ2n) is 8.18. The molecule has 1 amide bonds. The Morgan fingerprint density at radius 1 is 1.12 bits per heavy atom. The molecule has 1 aliphatic carbocycles. The topological polar surface area (TPSA) is 86.6 Å². The number of carboxylic acid groups (broad SMARTS) is 1. The van der Waals surface area contributed by atoms with Gasteiger partial charge in [0, 0.05) is 12.3 Å². The van der Waals surface area contributed by atoms with Crippen molar-refractivity contribution in [3.05, 3.63) is 29.8 Å². The molecule has 0 bridgehead atoms. The molecule has 0 saturated heterocycles. The molecule has 1 aliphatic rings. The Balaban J connectivity index is 1.92. The molecule has 5 heteroatoms. The van der Waals surface area contributed by atoms with Crippen LogP contribution in [0.25, 0.3) is 0 Å². The van der Waals surface area contributed by atoms with Crippen LogP contribution in [0.5, 0.6) is 5.75 Å². The average Bonchev–Trinajstić information content (AvgIpc) is 2.55. The van der Waals surface area contributed by atoms with E-state index in [1.807, 2.05) is 0 Å². The maximum atomic E-state index is 12.5. The van der Waals surface area contributed by atoms with Crippen molar-refractivity contribution >= 4 is 11.9 Å². The minimum absolute atomic E-state index is 0.0970. The first-order valence-corrected chi connectivity index (χ1v) is 8.98. The van der Waals surface area contributed by atoms with E-state index in [-0.39, 0.29) is 29.4 Å². The molecule has 1 aromatic carbocycles. The van der Waals surface area contributed by atoms with Crippen LogP contribution in [0.15, 0.2) is 24.3 Å². The number of carboxylic acids is 1. The third-order valence-corrected chi connectivity index (χ3v) is 5.31. The number of hydrogen-bond donors (Lipinski definition) is 3. The first-order valence-electron chi connectivity index (χ1n) is 8.98. The van der Waals surface area contributed by atoms with Gasteiger partial charge < -0.3 is 15.5 Å². The van der Waals surface area contributed by atoms with Crippen molar-refractivity contribution in [3.8, 4) is 5.75 Å². The van der Waals surface area contributed by atoms with Gasteiger partial charge in [0.05, 0.1) is 0 Å². The molecule has 1 aromatic rings. The van der Waals surface area contributed by atoms with Crippen LogP contribution in [-0.4, -0.2) is 28.1 Å². The van der Waals surface area contributed by atoms with Crippen molar-refractivity contribution in [2.45, 2.75) is 58.9 Å². The van der Waals surface area contributed by atoms with Gasteiger partial charge in [0.1, 0.15) is 11.8 Å². The summed E-state index contributed by atoms with van der Waals surface area (Å²) < 4.78 is 0. The number of carbonyl (C=O) groups excluding carboxylic acids is 1. The zero-order valence-electron chi connectivity index (χ0n) is 15.3. The Labute approximate surface area is 149 Å². The zero-order valence-corrected chi connectivity index (χ0v) is 15.3. The van der Waals surface area contributed by atoms with Crippen molar-refractivity contribution < 1.29 is 19.8 Å². The average molecular weight is 347 g/mol. The van der Waals surface area contributed by atoms with Gasteiger partial charge in [-0.25, -0.2) is 4.79 Å². The predicted octanol–water partition coefficient (Wildman–Crippen LogP) is 3.36.